The fourth-order valence-electron chi connectivity index (χ4n) is 0.893. The fourth-order valence-corrected chi connectivity index (χ4v) is 0.893. The monoisotopic (exact) mass is 201 g/mol. The SMILES string of the molecule is CCC(C)NCC(=O)NCCN(C)C. The average Bonchev–Trinajstić information content (AvgIpc) is 2.13. The van der Waals surface area contributed by atoms with Crippen molar-refractivity contribution in [1.82, 2.24) is 15.5 Å². The molecule has 1 atom stereocenters. The number of likely N-dealkylation sites (N-methyl/N-ethyl adjacent to an activating group) is 1. The summed E-state index contributed by atoms with van der Waals surface area (Å²) in [7, 11) is 3.98. The van der Waals surface area contributed by atoms with E-state index in [0.29, 0.717) is 19.1 Å². The molecule has 14 heavy (non-hydrogen) atoms. The number of hydrogen-bond donors (Lipinski definition) is 2. The fraction of sp³-hybridized carbons (Fsp3) is 0.900. The zero-order valence-electron chi connectivity index (χ0n) is 9.76. The van der Waals surface area contributed by atoms with Gasteiger partial charge in [-0.25, -0.2) is 0 Å². The van der Waals surface area contributed by atoms with E-state index in [-0.39, 0.29) is 5.91 Å². The van der Waals surface area contributed by atoms with Crippen LogP contribution in [-0.4, -0.2) is 50.6 Å². The molecule has 0 saturated heterocycles. The van der Waals surface area contributed by atoms with Crippen molar-refractivity contribution in [2.45, 2.75) is 26.3 Å². The van der Waals surface area contributed by atoms with Gasteiger partial charge in [0.1, 0.15) is 0 Å². The number of carbonyl (C=O) groups is 1. The molecule has 1 amide bonds. The Hall–Kier alpha value is -0.610. The summed E-state index contributed by atoms with van der Waals surface area (Å²) in [5.41, 5.74) is 0. The van der Waals surface area contributed by atoms with Gasteiger partial charge in [0.15, 0.2) is 0 Å². The van der Waals surface area contributed by atoms with Gasteiger partial charge >= 0.3 is 0 Å². The maximum atomic E-state index is 11.3. The van der Waals surface area contributed by atoms with E-state index in [4.69, 9.17) is 0 Å². The van der Waals surface area contributed by atoms with E-state index < -0.39 is 0 Å². The van der Waals surface area contributed by atoms with Crippen LogP contribution >= 0.6 is 0 Å². The number of rotatable bonds is 7. The summed E-state index contributed by atoms with van der Waals surface area (Å²) >= 11 is 0. The third-order valence-electron chi connectivity index (χ3n) is 2.10. The molecule has 0 aliphatic heterocycles. The van der Waals surface area contributed by atoms with Crippen LogP contribution in [0.2, 0.25) is 0 Å². The lowest BCUT2D eigenvalue weighted by Gasteiger charge is -2.13. The summed E-state index contributed by atoms with van der Waals surface area (Å²) in [5.74, 6) is 0.0761. The van der Waals surface area contributed by atoms with Crippen LogP contribution in [-0.2, 0) is 4.79 Å². The zero-order chi connectivity index (χ0) is 11.0. The van der Waals surface area contributed by atoms with Gasteiger partial charge in [-0.3, -0.25) is 4.79 Å². The molecule has 4 nitrogen and oxygen atoms in total. The molecule has 4 heteroatoms. The second-order valence-corrected chi connectivity index (χ2v) is 3.84. The maximum Gasteiger partial charge on any atom is 0.234 e. The van der Waals surface area contributed by atoms with Gasteiger partial charge in [-0.15, -0.1) is 0 Å². The van der Waals surface area contributed by atoms with Gasteiger partial charge in [-0.05, 0) is 27.4 Å². The first-order chi connectivity index (χ1) is 6.56. The van der Waals surface area contributed by atoms with Crippen LogP contribution in [0.4, 0.5) is 0 Å². The Morgan fingerprint density at radius 3 is 2.57 bits per heavy atom. The van der Waals surface area contributed by atoms with Gasteiger partial charge in [0.2, 0.25) is 5.91 Å². The van der Waals surface area contributed by atoms with E-state index in [1.165, 1.54) is 0 Å². The van der Waals surface area contributed by atoms with Gasteiger partial charge in [0.05, 0.1) is 6.54 Å². The maximum absolute atomic E-state index is 11.3. The molecule has 0 aliphatic rings. The highest BCUT2D eigenvalue weighted by atomic mass is 16.1. The Bertz CT molecular complexity index is 159. The van der Waals surface area contributed by atoms with Crippen LogP contribution in [0.1, 0.15) is 20.3 Å². The lowest BCUT2D eigenvalue weighted by atomic mass is 10.2. The van der Waals surface area contributed by atoms with Gasteiger partial charge in [-0.2, -0.15) is 0 Å². The number of carbonyl (C=O) groups excluding carboxylic acids is 1. The summed E-state index contributed by atoms with van der Waals surface area (Å²) < 4.78 is 0. The van der Waals surface area contributed by atoms with Gasteiger partial charge < -0.3 is 15.5 Å². The molecule has 0 aromatic carbocycles. The molecule has 0 aromatic heterocycles. The molecular formula is C10H23N3O. The van der Waals surface area contributed by atoms with Gasteiger partial charge in [0, 0.05) is 19.1 Å². The van der Waals surface area contributed by atoms with Crippen LogP contribution in [0.3, 0.4) is 0 Å². The van der Waals surface area contributed by atoms with E-state index in [0.717, 1.165) is 13.0 Å². The summed E-state index contributed by atoms with van der Waals surface area (Å²) in [6.07, 6.45) is 1.05. The molecule has 0 aromatic rings. The van der Waals surface area contributed by atoms with Crippen molar-refractivity contribution in [3.05, 3.63) is 0 Å². The Labute approximate surface area is 87.0 Å². The molecule has 1 unspecified atom stereocenters. The second kappa shape index (κ2) is 7.76. The molecule has 0 saturated carbocycles. The highest BCUT2D eigenvalue weighted by molar-refractivity contribution is 5.77. The van der Waals surface area contributed by atoms with Crippen LogP contribution in [0.5, 0.6) is 0 Å². The molecule has 0 bridgehead atoms. The van der Waals surface area contributed by atoms with Crippen molar-refractivity contribution in [2.24, 2.45) is 0 Å². The molecule has 0 aliphatic carbocycles. The van der Waals surface area contributed by atoms with Crippen molar-refractivity contribution in [1.29, 1.82) is 0 Å². The number of amides is 1. The average molecular weight is 201 g/mol. The quantitative estimate of drug-likeness (QED) is 0.612. The van der Waals surface area contributed by atoms with Gasteiger partial charge in [0.25, 0.3) is 0 Å². The minimum atomic E-state index is 0.0761. The highest BCUT2D eigenvalue weighted by Crippen LogP contribution is 1.85. The normalized spacial score (nSPS) is 12.9. The molecule has 0 radical (unpaired) electrons. The third-order valence-corrected chi connectivity index (χ3v) is 2.10. The Kier molecular flexibility index (Phi) is 7.42. The standard InChI is InChI=1S/C10H23N3O/c1-5-9(2)12-8-10(14)11-6-7-13(3)4/h9,12H,5-8H2,1-4H3,(H,11,14). The lowest BCUT2D eigenvalue weighted by molar-refractivity contribution is -0.120. The predicted octanol–water partition coefficient (Wildman–Crippen LogP) is 0.0523. The van der Waals surface area contributed by atoms with Gasteiger partial charge in [-0.1, -0.05) is 6.92 Å². The first-order valence-electron chi connectivity index (χ1n) is 5.21. The van der Waals surface area contributed by atoms with Crippen LogP contribution in [0.15, 0.2) is 0 Å². The van der Waals surface area contributed by atoms with Crippen molar-refractivity contribution in [3.8, 4) is 0 Å². The smallest absolute Gasteiger partial charge is 0.234 e. The second-order valence-electron chi connectivity index (χ2n) is 3.84. The predicted molar refractivity (Wildman–Crippen MR) is 59.3 cm³/mol. The molecular weight excluding hydrogens is 178 g/mol. The molecule has 0 rings (SSSR count). The van der Waals surface area contributed by atoms with Crippen molar-refractivity contribution in [2.75, 3.05) is 33.7 Å². The first kappa shape index (κ1) is 13.4. The lowest BCUT2D eigenvalue weighted by Crippen LogP contribution is -2.40. The van der Waals surface area contributed by atoms with E-state index in [2.05, 4.69) is 24.5 Å². The largest absolute Gasteiger partial charge is 0.354 e. The summed E-state index contributed by atoms with van der Waals surface area (Å²) in [6.45, 7) is 6.19. The van der Waals surface area contributed by atoms with Crippen LogP contribution in [0, 0.1) is 0 Å². The molecule has 0 fully saturated rings. The highest BCUT2D eigenvalue weighted by Gasteiger charge is 2.02. The number of hydrogen-bond acceptors (Lipinski definition) is 3. The zero-order valence-corrected chi connectivity index (χ0v) is 9.76. The third kappa shape index (κ3) is 8.01. The van der Waals surface area contributed by atoms with Crippen LogP contribution in [0.25, 0.3) is 0 Å². The molecule has 2 N–H and O–H groups in total. The topological polar surface area (TPSA) is 44.4 Å². The summed E-state index contributed by atoms with van der Waals surface area (Å²) in [5, 5.41) is 5.99. The van der Waals surface area contributed by atoms with Crippen molar-refractivity contribution >= 4 is 5.91 Å². The van der Waals surface area contributed by atoms with Crippen LogP contribution < -0.4 is 10.6 Å². The van der Waals surface area contributed by atoms with E-state index >= 15 is 0 Å². The minimum Gasteiger partial charge on any atom is -0.354 e. The Balaban J connectivity index is 3.37. The molecule has 84 valence electrons. The van der Waals surface area contributed by atoms with E-state index in [1.54, 1.807) is 0 Å². The van der Waals surface area contributed by atoms with Crippen molar-refractivity contribution < 1.29 is 4.79 Å². The molecule has 0 heterocycles. The first-order valence-corrected chi connectivity index (χ1v) is 5.21. The Morgan fingerprint density at radius 2 is 2.07 bits per heavy atom. The van der Waals surface area contributed by atoms with E-state index in [1.807, 2.05) is 19.0 Å². The molecule has 0 spiro atoms. The Morgan fingerprint density at radius 1 is 1.43 bits per heavy atom. The summed E-state index contributed by atoms with van der Waals surface area (Å²) in [4.78, 5) is 13.3. The van der Waals surface area contributed by atoms with E-state index in [9.17, 15) is 4.79 Å². The minimum absolute atomic E-state index is 0.0761. The summed E-state index contributed by atoms with van der Waals surface area (Å²) in [6, 6.07) is 0.412. The number of nitrogens with zero attached hydrogens (tertiary/aromatic N) is 1. The number of nitrogens with one attached hydrogen (secondary N) is 2. The van der Waals surface area contributed by atoms with Crippen molar-refractivity contribution in [3.63, 3.8) is 0 Å².